The van der Waals surface area contributed by atoms with Crippen LogP contribution in [0.4, 0.5) is 4.39 Å². The van der Waals surface area contributed by atoms with Crippen LogP contribution in [-0.2, 0) is 17.9 Å². The summed E-state index contributed by atoms with van der Waals surface area (Å²) in [5, 5.41) is 9.07. The molecule has 1 atom stereocenters. The third kappa shape index (κ3) is 5.68. The number of nitrogens with zero attached hydrogens (tertiary/aromatic N) is 4. The number of benzene rings is 3. The molecule has 0 aliphatic carbocycles. The Morgan fingerprint density at radius 2 is 1.55 bits per heavy atom. The number of rotatable bonds is 8. The molecular formula is C26H25FN4OS. The quantitative estimate of drug-likeness (QED) is 0.336. The summed E-state index contributed by atoms with van der Waals surface area (Å²) in [5.41, 5.74) is 2.94. The number of carbonyl (C=O) groups is 1. The van der Waals surface area contributed by atoms with Crippen LogP contribution in [0.3, 0.4) is 0 Å². The molecule has 0 aliphatic rings. The van der Waals surface area contributed by atoms with Gasteiger partial charge in [-0.2, -0.15) is 0 Å². The summed E-state index contributed by atoms with van der Waals surface area (Å²) in [6, 6.07) is 26.1. The molecule has 0 saturated heterocycles. The van der Waals surface area contributed by atoms with Gasteiger partial charge in [0, 0.05) is 19.2 Å². The van der Waals surface area contributed by atoms with E-state index in [9.17, 15) is 9.18 Å². The molecule has 7 heteroatoms. The van der Waals surface area contributed by atoms with Gasteiger partial charge in [-0.1, -0.05) is 72.4 Å². The highest BCUT2D eigenvalue weighted by atomic mass is 32.2. The monoisotopic (exact) mass is 460 g/mol. The van der Waals surface area contributed by atoms with E-state index >= 15 is 0 Å². The summed E-state index contributed by atoms with van der Waals surface area (Å²) in [7, 11) is 1.81. The SMILES string of the molecule is CC(Sc1nnc(-c2ccc(F)cc2)n1Cc1ccccc1)C(=O)N(C)Cc1ccccc1. The Bertz CT molecular complexity index is 1200. The average molecular weight is 461 g/mol. The summed E-state index contributed by atoms with van der Waals surface area (Å²) >= 11 is 1.38. The van der Waals surface area contributed by atoms with E-state index in [0.29, 0.717) is 24.1 Å². The lowest BCUT2D eigenvalue weighted by Crippen LogP contribution is -2.33. The first-order valence-corrected chi connectivity index (χ1v) is 11.6. The Morgan fingerprint density at radius 3 is 2.18 bits per heavy atom. The number of amides is 1. The van der Waals surface area contributed by atoms with Crippen molar-refractivity contribution in [1.29, 1.82) is 0 Å². The minimum absolute atomic E-state index is 0.0152. The summed E-state index contributed by atoms with van der Waals surface area (Å²) in [5.74, 6) is 0.350. The maximum atomic E-state index is 13.5. The highest BCUT2D eigenvalue weighted by Gasteiger charge is 2.23. The van der Waals surface area contributed by atoms with Gasteiger partial charge >= 0.3 is 0 Å². The van der Waals surface area contributed by atoms with Crippen molar-refractivity contribution in [3.63, 3.8) is 0 Å². The van der Waals surface area contributed by atoms with Crippen molar-refractivity contribution in [2.45, 2.75) is 30.4 Å². The van der Waals surface area contributed by atoms with Gasteiger partial charge in [-0.05, 0) is 42.3 Å². The fourth-order valence-corrected chi connectivity index (χ4v) is 4.51. The van der Waals surface area contributed by atoms with Gasteiger partial charge in [0.1, 0.15) is 5.82 Å². The highest BCUT2D eigenvalue weighted by Crippen LogP contribution is 2.29. The van der Waals surface area contributed by atoms with Crippen molar-refractivity contribution in [2.75, 3.05) is 7.05 Å². The molecule has 4 aromatic rings. The van der Waals surface area contributed by atoms with Crippen LogP contribution >= 0.6 is 11.8 Å². The zero-order chi connectivity index (χ0) is 23.2. The van der Waals surface area contributed by atoms with Crippen molar-refractivity contribution >= 4 is 17.7 Å². The molecule has 168 valence electrons. The standard InChI is InChI=1S/C26H25FN4OS/c1-19(25(32)30(2)17-20-9-5-3-6-10-20)33-26-29-28-24(22-13-15-23(27)16-14-22)31(26)18-21-11-7-4-8-12-21/h3-16,19H,17-18H2,1-2H3. The largest absolute Gasteiger partial charge is 0.340 e. The zero-order valence-electron chi connectivity index (χ0n) is 18.6. The van der Waals surface area contributed by atoms with E-state index < -0.39 is 0 Å². The van der Waals surface area contributed by atoms with Crippen LogP contribution in [0.5, 0.6) is 0 Å². The Hall–Kier alpha value is -3.45. The predicted molar refractivity (Wildman–Crippen MR) is 129 cm³/mol. The zero-order valence-corrected chi connectivity index (χ0v) is 19.4. The molecule has 0 radical (unpaired) electrons. The molecule has 0 spiro atoms. The maximum Gasteiger partial charge on any atom is 0.235 e. The summed E-state index contributed by atoms with van der Waals surface area (Å²) < 4.78 is 15.4. The molecule has 0 bridgehead atoms. The molecule has 0 aliphatic heterocycles. The lowest BCUT2D eigenvalue weighted by molar-refractivity contribution is -0.129. The van der Waals surface area contributed by atoms with Crippen molar-refractivity contribution in [1.82, 2.24) is 19.7 Å². The smallest absolute Gasteiger partial charge is 0.235 e. The van der Waals surface area contributed by atoms with Crippen LogP contribution in [0.2, 0.25) is 0 Å². The molecule has 3 aromatic carbocycles. The lowest BCUT2D eigenvalue weighted by Gasteiger charge is -2.21. The average Bonchev–Trinajstić information content (AvgIpc) is 3.22. The predicted octanol–water partition coefficient (Wildman–Crippen LogP) is 5.27. The highest BCUT2D eigenvalue weighted by molar-refractivity contribution is 8.00. The van der Waals surface area contributed by atoms with E-state index in [-0.39, 0.29) is 17.0 Å². The second-order valence-electron chi connectivity index (χ2n) is 7.82. The minimum atomic E-state index is -0.349. The van der Waals surface area contributed by atoms with Gasteiger partial charge in [-0.25, -0.2) is 4.39 Å². The number of thioether (sulfide) groups is 1. The number of halogens is 1. The number of hydrogen-bond acceptors (Lipinski definition) is 4. The third-order valence-electron chi connectivity index (χ3n) is 5.27. The molecular weight excluding hydrogens is 435 g/mol. The van der Waals surface area contributed by atoms with Crippen molar-refractivity contribution in [3.05, 3.63) is 102 Å². The van der Waals surface area contributed by atoms with Gasteiger partial charge in [0.25, 0.3) is 0 Å². The van der Waals surface area contributed by atoms with E-state index in [1.54, 1.807) is 17.0 Å². The van der Waals surface area contributed by atoms with Crippen LogP contribution in [0.15, 0.2) is 90.1 Å². The fourth-order valence-electron chi connectivity index (χ4n) is 3.55. The molecule has 1 amide bonds. The molecule has 0 fully saturated rings. The molecule has 4 rings (SSSR count). The molecule has 0 saturated carbocycles. The van der Waals surface area contributed by atoms with Crippen LogP contribution in [0.1, 0.15) is 18.1 Å². The van der Waals surface area contributed by atoms with Gasteiger partial charge < -0.3 is 4.90 Å². The van der Waals surface area contributed by atoms with Crippen molar-refractivity contribution in [2.24, 2.45) is 0 Å². The molecule has 1 aromatic heterocycles. The lowest BCUT2D eigenvalue weighted by atomic mass is 10.2. The van der Waals surface area contributed by atoms with E-state index in [1.807, 2.05) is 79.2 Å². The first-order chi connectivity index (χ1) is 16.0. The number of hydrogen-bond donors (Lipinski definition) is 0. The van der Waals surface area contributed by atoms with Gasteiger partial charge in [0.05, 0.1) is 11.8 Å². The normalized spacial score (nSPS) is 11.8. The number of aromatic nitrogens is 3. The Labute approximate surface area is 197 Å². The van der Waals surface area contributed by atoms with E-state index in [4.69, 9.17) is 0 Å². The summed E-state index contributed by atoms with van der Waals surface area (Å²) in [4.78, 5) is 14.8. The van der Waals surface area contributed by atoms with Gasteiger partial charge in [0.2, 0.25) is 5.91 Å². The molecule has 1 heterocycles. The van der Waals surface area contributed by atoms with Crippen LogP contribution in [0, 0.1) is 5.82 Å². The van der Waals surface area contributed by atoms with Gasteiger partial charge in [0.15, 0.2) is 11.0 Å². The van der Waals surface area contributed by atoms with Gasteiger partial charge in [-0.3, -0.25) is 9.36 Å². The van der Waals surface area contributed by atoms with Crippen LogP contribution in [0.25, 0.3) is 11.4 Å². The second kappa shape index (κ2) is 10.4. The van der Waals surface area contributed by atoms with Crippen molar-refractivity contribution < 1.29 is 9.18 Å². The minimum Gasteiger partial charge on any atom is -0.340 e. The van der Waals surface area contributed by atoms with Gasteiger partial charge in [-0.15, -0.1) is 10.2 Å². The molecule has 33 heavy (non-hydrogen) atoms. The number of carbonyl (C=O) groups excluding carboxylic acids is 1. The second-order valence-corrected chi connectivity index (χ2v) is 9.13. The molecule has 1 unspecified atom stereocenters. The van der Waals surface area contributed by atoms with Crippen LogP contribution < -0.4 is 0 Å². The fraction of sp³-hybridized carbons (Fsp3) is 0.192. The molecule has 0 N–H and O–H groups in total. The third-order valence-corrected chi connectivity index (χ3v) is 6.34. The van der Waals surface area contributed by atoms with E-state index in [0.717, 1.165) is 16.7 Å². The Balaban J connectivity index is 1.57. The van der Waals surface area contributed by atoms with E-state index in [2.05, 4.69) is 10.2 Å². The van der Waals surface area contributed by atoms with Crippen molar-refractivity contribution in [3.8, 4) is 11.4 Å². The Kier molecular flexibility index (Phi) is 7.19. The first-order valence-electron chi connectivity index (χ1n) is 10.7. The maximum absolute atomic E-state index is 13.5. The Morgan fingerprint density at radius 1 is 0.939 bits per heavy atom. The first kappa shape index (κ1) is 22.7. The summed E-state index contributed by atoms with van der Waals surface area (Å²) in [6.07, 6.45) is 0. The summed E-state index contributed by atoms with van der Waals surface area (Å²) in [6.45, 7) is 2.97. The molecule has 5 nitrogen and oxygen atoms in total. The van der Waals surface area contributed by atoms with Crippen LogP contribution in [-0.4, -0.2) is 37.9 Å². The topological polar surface area (TPSA) is 51.0 Å². The van der Waals surface area contributed by atoms with E-state index in [1.165, 1.54) is 23.9 Å².